The molecular weight excluding hydrogens is 220 g/mol. The average molecular weight is 242 g/mol. The fourth-order valence-electron chi connectivity index (χ4n) is 2.03. The molecule has 0 aromatic carbocycles. The molecule has 1 aliphatic rings. The minimum absolute atomic E-state index is 0.135. The molecule has 0 heterocycles. The van der Waals surface area contributed by atoms with E-state index in [1.165, 1.54) is 6.42 Å². The lowest BCUT2D eigenvalue weighted by Crippen LogP contribution is -2.48. The van der Waals surface area contributed by atoms with Gasteiger partial charge in [0, 0.05) is 6.04 Å². The van der Waals surface area contributed by atoms with Crippen LogP contribution in [0.1, 0.15) is 45.4 Å². The van der Waals surface area contributed by atoms with Crippen LogP contribution >= 0.6 is 0 Å². The molecule has 17 heavy (non-hydrogen) atoms. The van der Waals surface area contributed by atoms with Gasteiger partial charge in [-0.25, -0.2) is 0 Å². The van der Waals surface area contributed by atoms with Crippen LogP contribution in [0.4, 0.5) is 0 Å². The van der Waals surface area contributed by atoms with Crippen LogP contribution in [0.2, 0.25) is 0 Å². The Hall–Kier alpha value is -1.10. The van der Waals surface area contributed by atoms with Crippen LogP contribution in [0.5, 0.6) is 0 Å². The van der Waals surface area contributed by atoms with Crippen molar-refractivity contribution < 1.29 is 14.7 Å². The number of nitrogens with one attached hydrogen (secondary N) is 2. The van der Waals surface area contributed by atoms with Crippen LogP contribution < -0.4 is 10.6 Å². The first-order valence-electron chi connectivity index (χ1n) is 6.39. The summed E-state index contributed by atoms with van der Waals surface area (Å²) in [4.78, 5) is 23.1. The molecule has 5 nitrogen and oxygen atoms in total. The van der Waals surface area contributed by atoms with E-state index in [-0.39, 0.29) is 18.7 Å². The standard InChI is InChI=1S/C12H22N2O3/c1-2-9(8-15)13-11(16)12(17)14-10-6-4-3-5-7-10/h9-10,15H,2-8H2,1H3,(H,13,16)(H,14,17)/t9-/m0/s1. The molecule has 0 aromatic heterocycles. The van der Waals surface area contributed by atoms with E-state index in [2.05, 4.69) is 10.6 Å². The van der Waals surface area contributed by atoms with E-state index in [4.69, 9.17) is 5.11 Å². The number of aliphatic hydroxyl groups is 1. The number of rotatable bonds is 4. The maximum atomic E-state index is 11.6. The molecule has 1 rings (SSSR count). The molecule has 0 spiro atoms. The first-order chi connectivity index (χ1) is 8.17. The zero-order valence-corrected chi connectivity index (χ0v) is 10.4. The summed E-state index contributed by atoms with van der Waals surface area (Å²) in [7, 11) is 0. The molecule has 1 aliphatic carbocycles. The number of hydrogen-bond donors (Lipinski definition) is 3. The lowest BCUT2D eigenvalue weighted by molar-refractivity contribution is -0.140. The molecule has 3 N–H and O–H groups in total. The third-order valence-electron chi connectivity index (χ3n) is 3.20. The monoisotopic (exact) mass is 242 g/mol. The number of hydrogen-bond acceptors (Lipinski definition) is 3. The molecule has 2 amide bonds. The van der Waals surface area contributed by atoms with Gasteiger partial charge in [-0.2, -0.15) is 0 Å². The van der Waals surface area contributed by atoms with Crippen LogP contribution in [0.3, 0.4) is 0 Å². The highest BCUT2D eigenvalue weighted by Gasteiger charge is 2.21. The predicted molar refractivity (Wildman–Crippen MR) is 64.3 cm³/mol. The molecular formula is C12H22N2O3. The lowest BCUT2D eigenvalue weighted by Gasteiger charge is -2.23. The molecule has 0 aliphatic heterocycles. The second-order valence-corrected chi connectivity index (χ2v) is 4.57. The van der Waals surface area contributed by atoms with Gasteiger partial charge in [-0.1, -0.05) is 26.2 Å². The van der Waals surface area contributed by atoms with Gasteiger partial charge in [0.15, 0.2) is 0 Å². The van der Waals surface area contributed by atoms with Crippen LogP contribution in [0.15, 0.2) is 0 Å². The summed E-state index contributed by atoms with van der Waals surface area (Å²) in [6.07, 6.45) is 5.95. The normalized spacial score (nSPS) is 18.5. The first kappa shape index (κ1) is 14.0. The maximum absolute atomic E-state index is 11.6. The molecule has 5 heteroatoms. The average Bonchev–Trinajstić information content (AvgIpc) is 2.36. The summed E-state index contributed by atoms with van der Waals surface area (Å²) < 4.78 is 0. The van der Waals surface area contributed by atoms with Crippen molar-refractivity contribution in [1.29, 1.82) is 0 Å². The van der Waals surface area contributed by atoms with E-state index in [1.54, 1.807) is 0 Å². The van der Waals surface area contributed by atoms with Gasteiger partial charge in [0.2, 0.25) is 0 Å². The largest absolute Gasteiger partial charge is 0.394 e. The molecule has 1 fully saturated rings. The van der Waals surface area contributed by atoms with Crippen molar-refractivity contribution in [2.45, 2.75) is 57.5 Å². The van der Waals surface area contributed by atoms with Gasteiger partial charge in [0.25, 0.3) is 0 Å². The highest BCUT2D eigenvalue weighted by Crippen LogP contribution is 2.17. The SMILES string of the molecule is CC[C@@H](CO)NC(=O)C(=O)NC1CCCCC1. The number of carbonyl (C=O) groups excluding carboxylic acids is 2. The van der Waals surface area contributed by atoms with Crippen LogP contribution in [0, 0.1) is 0 Å². The molecule has 98 valence electrons. The predicted octanol–water partition coefficient (Wildman–Crippen LogP) is 0.322. The Morgan fingerprint density at radius 1 is 1.24 bits per heavy atom. The summed E-state index contributed by atoms with van der Waals surface area (Å²) in [5.74, 6) is -1.22. The quantitative estimate of drug-likeness (QED) is 0.621. The molecule has 0 unspecified atom stereocenters. The smallest absolute Gasteiger partial charge is 0.309 e. The summed E-state index contributed by atoms with van der Waals surface area (Å²) in [6.45, 7) is 1.71. The molecule has 0 radical (unpaired) electrons. The number of carbonyl (C=O) groups is 2. The summed E-state index contributed by atoms with van der Waals surface area (Å²) in [5, 5.41) is 14.2. The fourth-order valence-corrected chi connectivity index (χ4v) is 2.03. The fraction of sp³-hybridized carbons (Fsp3) is 0.833. The summed E-state index contributed by atoms with van der Waals surface area (Å²) in [6, 6.07) is -0.198. The van der Waals surface area contributed by atoms with Crippen LogP contribution in [-0.4, -0.2) is 35.6 Å². The minimum atomic E-state index is -0.642. The Labute approximate surface area is 102 Å². The van der Waals surface area contributed by atoms with Crippen molar-refractivity contribution in [3.63, 3.8) is 0 Å². The Balaban J connectivity index is 2.32. The van der Waals surface area contributed by atoms with E-state index >= 15 is 0 Å². The molecule has 0 saturated heterocycles. The van der Waals surface area contributed by atoms with Crippen LogP contribution in [0.25, 0.3) is 0 Å². The highest BCUT2D eigenvalue weighted by atomic mass is 16.3. The third kappa shape index (κ3) is 4.73. The van der Waals surface area contributed by atoms with E-state index in [9.17, 15) is 9.59 Å². The van der Waals surface area contributed by atoms with Crippen LogP contribution in [-0.2, 0) is 9.59 Å². The zero-order chi connectivity index (χ0) is 12.7. The van der Waals surface area contributed by atoms with Crippen molar-refractivity contribution >= 4 is 11.8 Å². The topological polar surface area (TPSA) is 78.4 Å². The van der Waals surface area contributed by atoms with Gasteiger partial charge in [0.05, 0.1) is 12.6 Å². The second-order valence-electron chi connectivity index (χ2n) is 4.57. The van der Waals surface area contributed by atoms with E-state index < -0.39 is 11.8 Å². The Bertz CT molecular complexity index is 258. The van der Waals surface area contributed by atoms with Gasteiger partial charge in [-0.05, 0) is 19.3 Å². The zero-order valence-electron chi connectivity index (χ0n) is 10.4. The molecule has 0 aromatic rings. The van der Waals surface area contributed by atoms with Gasteiger partial charge >= 0.3 is 11.8 Å². The summed E-state index contributed by atoms with van der Waals surface area (Å²) in [5.41, 5.74) is 0. The second kappa shape index (κ2) is 7.27. The van der Waals surface area contributed by atoms with Crippen molar-refractivity contribution in [2.24, 2.45) is 0 Å². The van der Waals surface area contributed by atoms with Gasteiger partial charge in [0.1, 0.15) is 0 Å². The van der Waals surface area contributed by atoms with Crippen molar-refractivity contribution in [3.05, 3.63) is 0 Å². The van der Waals surface area contributed by atoms with Gasteiger partial charge < -0.3 is 15.7 Å². The molecule has 1 atom stereocenters. The number of amides is 2. The van der Waals surface area contributed by atoms with Crippen molar-refractivity contribution in [3.8, 4) is 0 Å². The third-order valence-corrected chi connectivity index (χ3v) is 3.20. The highest BCUT2D eigenvalue weighted by molar-refractivity contribution is 6.35. The van der Waals surface area contributed by atoms with E-state index in [0.717, 1.165) is 25.7 Å². The first-order valence-corrected chi connectivity index (χ1v) is 6.39. The number of aliphatic hydroxyl groups excluding tert-OH is 1. The van der Waals surface area contributed by atoms with Crippen molar-refractivity contribution in [1.82, 2.24) is 10.6 Å². The summed E-state index contributed by atoms with van der Waals surface area (Å²) >= 11 is 0. The Morgan fingerprint density at radius 2 is 1.88 bits per heavy atom. The Kier molecular flexibility index (Phi) is 5.97. The Morgan fingerprint density at radius 3 is 2.41 bits per heavy atom. The van der Waals surface area contributed by atoms with Crippen molar-refractivity contribution in [2.75, 3.05) is 6.61 Å². The van der Waals surface area contributed by atoms with E-state index in [1.807, 2.05) is 6.92 Å². The maximum Gasteiger partial charge on any atom is 0.309 e. The van der Waals surface area contributed by atoms with Gasteiger partial charge in [-0.3, -0.25) is 9.59 Å². The minimum Gasteiger partial charge on any atom is -0.394 e. The molecule has 1 saturated carbocycles. The lowest BCUT2D eigenvalue weighted by atomic mass is 9.95. The van der Waals surface area contributed by atoms with E-state index in [0.29, 0.717) is 6.42 Å². The molecule has 0 bridgehead atoms. The van der Waals surface area contributed by atoms with Gasteiger partial charge in [-0.15, -0.1) is 0 Å².